The summed E-state index contributed by atoms with van der Waals surface area (Å²) in [6.07, 6.45) is 2.09. The molecule has 0 aliphatic carbocycles. The average molecular weight is 286 g/mol. The largest absolute Gasteiger partial charge is 0.459 e. The van der Waals surface area contributed by atoms with Gasteiger partial charge in [-0.25, -0.2) is 4.98 Å². The molecule has 0 atom stereocenters. The molecule has 2 heterocycles. The van der Waals surface area contributed by atoms with E-state index in [0.717, 1.165) is 41.4 Å². The Bertz CT molecular complexity index is 666. The van der Waals surface area contributed by atoms with Crippen molar-refractivity contribution in [2.24, 2.45) is 0 Å². The number of aromatic nitrogens is 1. The summed E-state index contributed by atoms with van der Waals surface area (Å²) in [5.74, 6) is 1.92. The van der Waals surface area contributed by atoms with Gasteiger partial charge < -0.3 is 9.32 Å². The summed E-state index contributed by atoms with van der Waals surface area (Å²) in [5.41, 5.74) is 1.04. The molecule has 3 rings (SSSR count). The molecule has 0 saturated heterocycles. The second-order valence-electron chi connectivity index (χ2n) is 5.16. The smallest absolute Gasteiger partial charge is 0.162 e. The van der Waals surface area contributed by atoms with Crippen LogP contribution in [0.3, 0.4) is 0 Å². The normalized spacial score (nSPS) is 11.6. The quantitative estimate of drug-likeness (QED) is 0.708. The van der Waals surface area contributed by atoms with Crippen molar-refractivity contribution in [1.29, 1.82) is 0 Å². The Hall–Kier alpha value is -1.65. The molecule has 3 aromatic rings. The number of benzene rings is 1. The van der Waals surface area contributed by atoms with Gasteiger partial charge in [-0.15, -0.1) is 11.3 Å². The second-order valence-corrected chi connectivity index (χ2v) is 6.19. The molecular weight excluding hydrogens is 268 g/mol. The van der Waals surface area contributed by atoms with E-state index in [1.54, 1.807) is 11.3 Å². The molecule has 2 aromatic heterocycles. The lowest BCUT2D eigenvalue weighted by atomic mass is 10.2. The molecule has 4 heteroatoms. The van der Waals surface area contributed by atoms with E-state index < -0.39 is 0 Å². The zero-order chi connectivity index (χ0) is 13.9. The first kappa shape index (κ1) is 13.3. The van der Waals surface area contributed by atoms with Gasteiger partial charge in [-0.1, -0.05) is 12.1 Å². The number of aryl methyl sites for hydroxylation is 1. The van der Waals surface area contributed by atoms with Crippen LogP contribution in [0.15, 0.2) is 40.8 Å². The van der Waals surface area contributed by atoms with Gasteiger partial charge in [0.1, 0.15) is 5.76 Å². The van der Waals surface area contributed by atoms with Crippen LogP contribution in [-0.4, -0.2) is 30.5 Å². The van der Waals surface area contributed by atoms with Gasteiger partial charge in [0, 0.05) is 6.42 Å². The molecule has 0 amide bonds. The molecule has 3 nitrogen and oxygen atoms in total. The number of fused-ring (bicyclic) bond motifs is 1. The van der Waals surface area contributed by atoms with Crippen LogP contribution in [0, 0.1) is 0 Å². The van der Waals surface area contributed by atoms with E-state index in [1.807, 2.05) is 24.3 Å². The first-order chi connectivity index (χ1) is 9.72. The Morgan fingerprint density at radius 1 is 1.15 bits per heavy atom. The molecule has 0 saturated carbocycles. The molecule has 0 spiro atoms. The minimum Gasteiger partial charge on any atom is -0.459 e. The third-order valence-corrected chi connectivity index (χ3v) is 4.25. The van der Waals surface area contributed by atoms with E-state index in [4.69, 9.17) is 4.42 Å². The highest BCUT2D eigenvalue weighted by Gasteiger charge is 2.10. The number of hydrogen-bond acceptors (Lipinski definition) is 4. The van der Waals surface area contributed by atoms with Crippen molar-refractivity contribution in [2.45, 2.75) is 12.8 Å². The number of nitrogens with zero attached hydrogens (tertiary/aromatic N) is 2. The molecular formula is C16H18N2OS. The summed E-state index contributed by atoms with van der Waals surface area (Å²) in [7, 11) is 4.18. The standard InChI is InChI=1S/C16H18N2OS/c1-18(2)11-5-6-12-9-10-14(19-12)16-17-13-7-3-4-8-15(13)20-16/h3-4,7-10H,5-6,11H2,1-2H3. The molecule has 0 aliphatic rings. The van der Waals surface area contributed by atoms with Crippen LogP contribution >= 0.6 is 11.3 Å². The fourth-order valence-electron chi connectivity index (χ4n) is 2.17. The van der Waals surface area contributed by atoms with Gasteiger partial charge in [-0.2, -0.15) is 0 Å². The van der Waals surface area contributed by atoms with Gasteiger partial charge in [0.05, 0.1) is 10.2 Å². The molecule has 0 unspecified atom stereocenters. The van der Waals surface area contributed by atoms with E-state index in [2.05, 4.69) is 36.1 Å². The van der Waals surface area contributed by atoms with Crippen LogP contribution < -0.4 is 0 Å². The maximum absolute atomic E-state index is 5.91. The number of para-hydroxylation sites is 1. The average Bonchev–Trinajstić information content (AvgIpc) is 3.03. The van der Waals surface area contributed by atoms with Gasteiger partial charge >= 0.3 is 0 Å². The highest BCUT2D eigenvalue weighted by Crippen LogP contribution is 2.31. The van der Waals surface area contributed by atoms with E-state index in [1.165, 1.54) is 4.70 Å². The summed E-state index contributed by atoms with van der Waals surface area (Å²) < 4.78 is 7.11. The van der Waals surface area contributed by atoms with Gasteiger partial charge in [0.25, 0.3) is 0 Å². The van der Waals surface area contributed by atoms with Crippen LogP contribution in [-0.2, 0) is 6.42 Å². The summed E-state index contributed by atoms with van der Waals surface area (Å²) in [6.45, 7) is 1.08. The summed E-state index contributed by atoms with van der Waals surface area (Å²) in [6, 6.07) is 12.3. The van der Waals surface area contributed by atoms with E-state index in [-0.39, 0.29) is 0 Å². The minimum atomic E-state index is 0.881. The number of thiazole rings is 1. The Morgan fingerprint density at radius 3 is 2.80 bits per heavy atom. The van der Waals surface area contributed by atoms with E-state index in [0.29, 0.717) is 0 Å². The lowest BCUT2D eigenvalue weighted by molar-refractivity contribution is 0.390. The van der Waals surface area contributed by atoms with Gasteiger partial charge in [0.15, 0.2) is 10.8 Å². The van der Waals surface area contributed by atoms with Crippen LogP contribution in [0.25, 0.3) is 21.0 Å². The fourth-order valence-corrected chi connectivity index (χ4v) is 3.10. The maximum atomic E-state index is 5.91. The number of hydrogen-bond donors (Lipinski definition) is 0. The molecule has 1 aromatic carbocycles. The summed E-state index contributed by atoms with van der Waals surface area (Å²) >= 11 is 1.68. The third-order valence-electron chi connectivity index (χ3n) is 3.19. The molecule has 0 N–H and O–H groups in total. The van der Waals surface area contributed by atoms with Gasteiger partial charge in [-0.05, 0) is 51.3 Å². The Morgan fingerprint density at radius 2 is 2.00 bits per heavy atom. The third kappa shape index (κ3) is 2.92. The highest BCUT2D eigenvalue weighted by molar-refractivity contribution is 7.21. The molecule has 20 heavy (non-hydrogen) atoms. The van der Waals surface area contributed by atoms with Crippen LogP contribution in [0.5, 0.6) is 0 Å². The van der Waals surface area contributed by atoms with E-state index >= 15 is 0 Å². The van der Waals surface area contributed by atoms with Crippen LogP contribution in [0.1, 0.15) is 12.2 Å². The van der Waals surface area contributed by atoms with Crippen molar-refractivity contribution in [3.63, 3.8) is 0 Å². The second kappa shape index (κ2) is 5.77. The molecule has 104 valence electrons. The SMILES string of the molecule is CN(C)CCCc1ccc(-c2nc3ccccc3s2)o1. The predicted octanol–water partition coefficient (Wildman–Crippen LogP) is 4.05. The zero-order valence-corrected chi connectivity index (χ0v) is 12.6. The van der Waals surface area contributed by atoms with Crippen molar-refractivity contribution in [3.8, 4) is 10.8 Å². The van der Waals surface area contributed by atoms with Crippen molar-refractivity contribution in [2.75, 3.05) is 20.6 Å². The first-order valence-corrected chi connectivity index (χ1v) is 7.63. The fraction of sp³-hybridized carbons (Fsp3) is 0.312. The Balaban J connectivity index is 1.75. The monoisotopic (exact) mass is 286 g/mol. The summed E-state index contributed by atoms with van der Waals surface area (Å²) in [5, 5.41) is 0.963. The van der Waals surface area contributed by atoms with Crippen LogP contribution in [0.4, 0.5) is 0 Å². The maximum Gasteiger partial charge on any atom is 0.162 e. The van der Waals surface area contributed by atoms with Gasteiger partial charge in [-0.3, -0.25) is 0 Å². The Labute approximate surface area is 122 Å². The van der Waals surface area contributed by atoms with Crippen molar-refractivity contribution in [3.05, 3.63) is 42.2 Å². The Kier molecular flexibility index (Phi) is 3.85. The van der Waals surface area contributed by atoms with Crippen molar-refractivity contribution >= 4 is 21.6 Å². The summed E-state index contributed by atoms with van der Waals surface area (Å²) in [4.78, 5) is 6.81. The minimum absolute atomic E-state index is 0.881. The molecule has 0 bridgehead atoms. The predicted molar refractivity (Wildman–Crippen MR) is 84.2 cm³/mol. The zero-order valence-electron chi connectivity index (χ0n) is 11.8. The molecule has 0 radical (unpaired) electrons. The van der Waals surface area contributed by atoms with Crippen molar-refractivity contribution < 1.29 is 4.42 Å². The number of rotatable bonds is 5. The van der Waals surface area contributed by atoms with E-state index in [9.17, 15) is 0 Å². The first-order valence-electron chi connectivity index (χ1n) is 6.82. The number of furan rings is 1. The lowest BCUT2D eigenvalue weighted by Crippen LogP contribution is -2.13. The topological polar surface area (TPSA) is 29.3 Å². The van der Waals surface area contributed by atoms with Gasteiger partial charge in [0.2, 0.25) is 0 Å². The van der Waals surface area contributed by atoms with Crippen molar-refractivity contribution in [1.82, 2.24) is 9.88 Å². The highest BCUT2D eigenvalue weighted by atomic mass is 32.1. The molecule has 0 aliphatic heterocycles. The van der Waals surface area contributed by atoms with Crippen LogP contribution in [0.2, 0.25) is 0 Å². The molecule has 0 fully saturated rings. The lowest BCUT2D eigenvalue weighted by Gasteiger charge is -2.07.